The third kappa shape index (κ3) is 3.30. The number of rotatable bonds is 3. The summed E-state index contributed by atoms with van der Waals surface area (Å²) in [5, 5.41) is 2.99. The monoisotopic (exact) mass is 402 g/mol. The van der Waals surface area contributed by atoms with Crippen molar-refractivity contribution in [2.24, 2.45) is 0 Å². The average Bonchev–Trinajstić information content (AvgIpc) is 3.20. The molecular formula is C23H18N2O5. The summed E-state index contributed by atoms with van der Waals surface area (Å²) in [5.41, 5.74) is 6.73. The highest BCUT2D eigenvalue weighted by atomic mass is 16.6. The molecular weight excluding hydrogens is 384 g/mol. The number of amides is 2. The molecule has 5 rings (SSSR count). The van der Waals surface area contributed by atoms with Gasteiger partial charge in [0.1, 0.15) is 18.8 Å². The molecule has 2 heterocycles. The summed E-state index contributed by atoms with van der Waals surface area (Å²) in [5.74, 6) is 0.317. The van der Waals surface area contributed by atoms with E-state index in [-0.39, 0.29) is 12.3 Å². The third-order valence-electron chi connectivity index (χ3n) is 5.01. The van der Waals surface area contributed by atoms with Crippen LogP contribution in [0.2, 0.25) is 0 Å². The Morgan fingerprint density at radius 3 is 2.63 bits per heavy atom. The Bertz CT molecular complexity index is 1280. The third-order valence-corrected chi connectivity index (χ3v) is 5.01. The summed E-state index contributed by atoms with van der Waals surface area (Å²) in [6, 6.07) is 16.7. The Kier molecular flexibility index (Phi) is 4.48. The zero-order chi connectivity index (χ0) is 20.5. The Balaban J connectivity index is 1.29. The van der Waals surface area contributed by atoms with Gasteiger partial charge in [0.05, 0.1) is 12.7 Å². The van der Waals surface area contributed by atoms with Gasteiger partial charge in [-0.1, -0.05) is 30.3 Å². The largest absolute Gasteiger partial charge is 0.486 e. The van der Waals surface area contributed by atoms with Gasteiger partial charge in [0.25, 0.3) is 5.91 Å². The number of nitrogens with one attached hydrogen (secondary N) is 2. The highest BCUT2D eigenvalue weighted by Gasteiger charge is 2.17. The van der Waals surface area contributed by atoms with Crippen LogP contribution in [-0.2, 0) is 11.2 Å². The molecule has 150 valence electrons. The van der Waals surface area contributed by atoms with Crippen LogP contribution in [-0.4, -0.2) is 25.0 Å². The van der Waals surface area contributed by atoms with Crippen molar-refractivity contribution in [2.45, 2.75) is 6.42 Å². The van der Waals surface area contributed by atoms with Crippen molar-refractivity contribution >= 4 is 33.6 Å². The minimum Gasteiger partial charge on any atom is -0.486 e. The molecule has 2 amide bonds. The predicted molar refractivity (Wildman–Crippen MR) is 110 cm³/mol. The highest BCUT2D eigenvalue weighted by Crippen LogP contribution is 2.31. The molecule has 7 nitrogen and oxygen atoms in total. The maximum absolute atomic E-state index is 12.4. The lowest BCUT2D eigenvalue weighted by molar-refractivity contribution is -0.121. The number of carbonyl (C=O) groups excluding carboxylic acids is 2. The number of ether oxygens (including phenoxy) is 2. The van der Waals surface area contributed by atoms with E-state index in [1.54, 1.807) is 24.5 Å². The van der Waals surface area contributed by atoms with E-state index < -0.39 is 5.91 Å². The number of hydrogen-bond donors (Lipinski definition) is 2. The number of carbonyl (C=O) groups is 2. The Morgan fingerprint density at radius 1 is 0.900 bits per heavy atom. The zero-order valence-corrected chi connectivity index (χ0v) is 15.9. The number of fused-ring (bicyclic) bond motifs is 4. The lowest BCUT2D eigenvalue weighted by Gasteiger charge is -2.18. The van der Waals surface area contributed by atoms with E-state index in [0.29, 0.717) is 30.3 Å². The molecule has 30 heavy (non-hydrogen) atoms. The number of hydrazine groups is 1. The van der Waals surface area contributed by atoms with E-state index in [1.165, 1.54) is 0 Å². The molecule has 7 heteroatoms. The van der Waals surface area contributed by atoms with Gasteiger partial charge in [0.15, 0.2) is 11.5 Å². The van der Waals surface area contributed by atoms with Gasteiger partial charge in [-0.05, 0) is 35.0 Å². The second kappa shape index (κ2) is 7.44. The first kappa shape index (κ1) is 18.1. The fraction of sp³-hybridized carbons (Fsp3) is 0.130. The topological polar surface area (TPSA) is 89.8 Å². The fourth-order valence-corrected chi connectivity index (χ4v) is 3.60. The minimum absolute atomic E-state index is 0.0719. The van der Waals surface area contributed by atoms with Gasteiger partial charge in [0, 0.05) is 16.5 Å². The Hall–Kier alpha value is -4.00. The molecule has 1 aromatic heterocycles. The van der Waals surface area contributed by atoms with Gasteiger partial charge in [-0.3, -0.25) is 20.4 Å². The van der Waals surface area contributed by atoms with Crippen molar-refractivity contribution in [3.05, 3.63) is 72.0 Å². The number of benzene rings is 3. The first-order chi connectivity index (χ1) is 14.7. The summed E-state index contributed by atoms with van der Waals surface area (Å²) < 4.78 is 16.5. The van der Waals surface area contributed by atoms with E-state index >= 15 is 0 Å². The van der Waals surface area contributed by atoms with Gasteiger partial charge in [-0.2, -0.15) is 0 Å². The molecule has 0 spiro atoms. The van der Waals surface area contributed by atoms with E-state index in [4.69, 9.17) is 13.9 Å². The van der Waals surface area contributed by atoms with Crippen LogP contribution in [0.15, 0.2) is 65.3 Å². The maximum atomic E-state index is 12.4. The molecule has 1 aliphatic heterocycles. The second-order valence-electron chi connectivity index (χ2n) is 6.96. The Morgan fingerprint density at radius 2 is 1.73 bits per heavy atom. The van der Waals surface area contributed by atoms with Crippen molar-refractivity contribution < 1.29 is 23.5 Å². The first-order valence-electron chi connectivity index (χ1n) is 9.56. The summed E-state index contributed by atoms with van der Waals surface area (Å²) in [6.07, 6.45) is 1.65. The molecule has 0 saturated carbocycles. The fourth-order valence-electron chi connectivity index (χ4n) is 3.60. The smallest absolute Gasteiger partial charge is 0.269 e. The van der Waals surface area contributed by atoms with Gasteiger partial charge < -0.3 is 13.9 Å². The summed E-state index contributed by atoms with van der Waals surface area (Å²) >= 11 is 0. The predicted octanol–water partition coefficient (Wildman–Crippen LogP) is 3.36. The van der Waals surface area contributed by atoms with Crippen LogP contribution >= 0.6 is 0 Å². The van der Waals surface area contributed by atoms with Crippen LogP contribution in [0.5, 0.6) is 11.5 Å². The van der Waals surface area contributed by atoms with E-state index in [0.717, 1.165) is 27.3 Å². The molecule has 0 atom stereocenters. The molecule has 2 N–H and O–H groups in total. The van der Waals surface area contributed by atoms with Crippen LogP contribution in [0, 0.1) is 0 Å². The molecule has 1 aliphatic rings. The van der Waals surface area contributed by atoms with Crippen LogP contribution in [0.1, 0.15) is 15.9 Å². The number of hydrogen-bond acceptors (Lipinski definition) is 5. The molecule has 0 bridgehead atoms. The van der Waals surface area contributed by atoms with E-state index in [2.05, 4.69) is 10.9 Å². The molecule has 3 aromatic carbocycles. The standard InChI is InChI=1S/C23H18N2O5/c26-21(24-25-23(27)15-6-7-18-20(11-15)29-10-9-28-18)12-16-13-30-19-8-5-14-3-1-2-4-17(14)22(16)19/h1-8,11,13H,9-10,12H2,(H,24,26)(H,25,27). The molecule has 0 radical (unpaired) electrons. The molecule has 0 unspecified atom stereocenters. The van der Waals surface area contributed by atoms with Crippen molar-refractivity contribution in [1.29, 1.82) is 0 Å². The molecule has 0 saturated heterocycles. The molecule has 0 aliphatic carbocycles. The van der Waals surface area contributed by atoms with Crippen LogP contribution < -0.4 is 20.3 Å². The van der Waals surface area contributed by atoms with Gasteiger partial charge in [0.2, 0.25) is 5.91 Å². The SMILES string of the molecule is O=C(Cc1coc2ccc3ccccc3c12)NNC(=O)c1ccc2c(c1)OCCO2. The first-order valence-corrected chi connectivity index (χ1v) is 9.56. The van der Waals surface area contributed by atoms with Gasteiger partial charge in [-0.25, -0.2) is 0 Å². The van der Waals surface area contributed by atoms with Gasteiger partial charge >= 0.3 is 0 Å². The van der Waals surface area contributed by atoms with Crippen molar-refractivity contribution in [1.82, 2.24) is 10.9 Å². The van der Waals surface area contributed by atoms with Crippen molar-refractivity contribution in [3.63, 3.8) is 0 Å². The minimum atomic E-state index is -0.442. The zero-order valence-electron chi connectivity index (χ0n) is 15.9. The van der Waals surface area contributed by atoms with Crippen LogP contribution in [0.4, 0.5) is 0 Å². The normalized spacial score (nSPS) is 12.7. The van der Waals surface area contributed by atoms with E-state index in [9.17, 15) is 9.59 Å². The lowest BCUT2D eigenvalue weighted by atomic mass is 10.0. The van der Waals surface area contributed by atoms with Crippen molar-refractivity contribution in [3.8, 4) is 11.5 Å². The van der Waals surface area contributed by atoms with Crippen LogP contribution in [0.25, 0.3) is 21.7 Å². The molecule has 0 fully saturated rings. The lowest BCUT2D eigenvalue weighted by Crippen LogP contribution is -2.42. The summed E-state index contributed by atoms with van der Waals surface area (Å²) in [6.45, 7) is 0.911. The van der Waals surface area contributed by atoms with Crippen LogP contribution in [0.3, 0.4) is 0 Å². The van der Waals surface area contributed by atoms with Crippen molar-refractivity contribution in [2.75, 3.05) is 13.2 Å². The average molecular weight is 402 g/mol. The maximum Gasteiger partial charge on any atom is 0.269 e. The summed E-state index contributed by atoms with van der Waals surface area (Å²) in [7, 11) is 0. The van der Waals surface area contributed by atoms with E-state index in [1.807, 2.05) is 36.4 Å². The summed E-state index contributed by atoms with van der Waals surface area (Å²) in [4.78, 5) is 24.8. The van der Waals surface area contributed by atoms with Gasteiger partial charge in [-0.15, -0.1) is 0 Å². The Labute approximate surface area is 171 Å². The number of furan rings is 1. The molecule has 4 aromatic rings. The quantitative estimate of drug-likeness (QED) is 0.513. The second-order valence-corrected chi connectivity index (χ2v) is 6.96. The highest BCUT2D eigenvalue weighted by molar-refractivity contribution is 6.08.